The fourth-order valence-corrected chi connectivity index (χ4v) is 4.86. The molecule has 2 aliphatic carbocycles. The summed E-state index contributed by atoms with van der Waals surface area (Å²) in [5.74, 6) is 0.287. The van der Waals surface area contributed by atoms with Gasteiger partial charge in [0.1, 0.15) is 0 Å². The Morgan fingerprint density at radius 3 is 2.70 bits per heavy atom. The number of hydrogen-bond donors (Lipinski definition) is 1. The second kappa shape index (κ2) is 6.26. The number of carbonyl (C=O) groups is 2. The molecule has 0 spiro atoms. The first kappa shape index (κ1) is 18.0. The number of allylic oxidation sites excluding steroid dienone is 3. The van der Waals surface area contributed by atoms with Gasteiger partial charge < -0.3 is 5.11 Å². The van der Waals surface area contributed by atoms with Gasteiger partial charge >= 0.3 is 5.97 Å². The fraction of sp³-hybridized carbons (Fsp3) is 0.700. The van der Waals surface area contributed by atoms with Crippen LogP contribution in [0.4, 0.5) is 0 Å². The van der Waals surface area contributed by atoms with Gasteiger partial charge in [0, 0.05) is 12.5 Å². The van der Waals surface area contributed by atoms with Crippen LogP contribution in [-0.4, -0.2) is 16.9 Å². The first-order valence-electron chi connectivity index (χ1n) is 8.71. The van der Waals surface area contributed by atoms with Crippen LogP contribution in [0.1, 0.15) is 66.7 Å². The van der Waals surface area contributed by atoms with Crippen molar-refractivity contribution in [2.45, 2.75) is 66.7 Å². The molecule has 0 aromatic rings. The molecule has 0 saturated heterocycles. The van der Waals surface area contributed by atoms with Gasteiger partial charge in [0.2, 0.25) is 0 Å². The molecule has 1 fully saturated rings. The summed E-state index contributed by atoms with van der Waals surface area (Å²) in [5.41, 5.74) is 2.33. The monoisotopic (exact) mass is 318 g/mol. The topological polar surface area (TPSA) is 54.4 Å². The number of carboxylic acid groups (broad SMARTS) is 1. The van der Waals surface area contributed by atoms with Crippen molar-refractivity contribution in [2.24, 2.45) is 22.7 Å². The Labute approximate surface area is 139 Å². The number of aliphatic carboxylic acids is 1. The summed E-state index contributed by atoms with van der Waals surface area (Å²) in [7, 11) is 0. The highest BCUT2D eigenvalue weighted by Crippen LogP contribution is 2.61. The molecule has 0 unspecified atom stereocenters. The van der Waals surface area contributed by atoms with Gasteiger partial charge in [0.15, 0.2) is 5.78 Å². The molecule has 0 aromatic carbocycles. The molecule has 0 aromatic heterocycles. The summed E-state index contributed by atoms with van der Waals surface area (Å²) in [6.07, 6.45) is 7.85. The zero-order valence-corrected chi connectivity index (χ0v) is 15.1. The van der Waals surface area contributed by atoms with Crippen LogP contribution in [-0.2, 0) is 9.59 Å². The summed E-state index contributed by atoms with van der Waals surface area (Å²) < 4.78 is 0. The van der Waals surface area contributed by atoms with Gasteiger partial charge in [-0.1, -0.05) is 31.9 Å². The second-order valence-electron chi connectivity index (χ2n) is 8.24. The van der Waals surface area contributed by atoms with Crippen molar-refractivity contribution in [1.82, 2.24) is 0 Å². The third-order valence-electron chi connectivity index (χ3n) is 6.90. The Kier molecular flexibility index (Phi) is 4.89. The summed E-state index contributed by atoms with van der Waals surface area (Å²) >= 11 is 0. The van der Waals surface area contributed by atoms with Crippen LogP contribution in [0.25, 0.3) is 0 Å². The molecule has 2 rings (SSSR count). The molecule has 0 aliphatic heterocycles. The van der Waals surface area contributed by atoms with Gasteiger partial charge in [-0.05, 0) is 68.3 Å². The maximum Gasteiger partial charge on any atom is 0.328 e. The summed E-state index contributed by atoms with van der Waals surface area (Å²) in [6.45, 7) is 10.9. The van der Waals surface area contributed by atoms with Crippen LogP contribution in [0.15, 0.2) is 23.3 Å². The molecule has 3 nitrogen and oxygen atoms in total. The molecule has 0 bridgehead atoms. The average molecular weight is 318 g/mol. The van der Waals surface area contributed by atoms with E-state index in [0.29, 0.717) is 18.3 Å². The number of hydrogen-bond acceptors (Lipinski definition) is 2. The highest BCUT2D eigenvalue weighted by Gasteiger charge is 2.54. The third kappa shape index (κ3) is 3.29. The van der Waals surface area contributed by atoms with Gasteiger partial charge in [-0.3, -0.25) is 4.79 Å². The van der Waals surface area contributed by atoms with Crippen molar-refractivity contribution in [3.63, 3.8) is 0 Å². The minimum atomic E-state index is -0.874. The van der Waals surface area contributed by atoms with E-state index in [4.69, 9.17) is 5.11 Å². The predicted octanol–water partition coefficient (Wildman–Crippen LogP) is 4.78. The summed E-state index contributed by atoms with van der Waals surface area (Å²) in [6, 6.07) is 0. The van der Waals surface area contributed by atoms with Crippen LogP contribution in [0.2, 0.25) is 0 Å². The predicted molar refractivity (Wildman–Crippen MR) is 92.1 cm³/mol. The van der Waals surface area contributed by atoms with Crippen LogP contribution in [0.5, 0.6) is 0 Å². The Morgan fingerprint density at radius 2 is 2.09 bits per heavy atom. The quantitative estimate of drug-likeness (QED) is 0.759. The van der Waals surface area contributed by atoms with E-state index in [1.165, 1.54) is 18.1 Å². The van der Waals surface area contributed by atoms with Crippen LogP contribution in [0.3, 0.4) is 0 Å². The van der Waals surface area contributed by atoms with E-state index in [2.05, 4.69) is 27.7 Å². The smallest absolute Gasteiger partial charge is 0.328 e. The number of carbonyl (C=O) groups excluding carboxylic acids is 1. The SMILES string of the molecule is CC1=CC(=O)C[C@H]2[C@](C)(CC/C(C)=C\C(=O)O)[C@H](C)CC[C@]12C. The molecule has 0 heterocycles. The van der Waals surface area contributed by atoms with E-state index in [-0.39, 0.29) is 16.6 Å². The maximum atomic E-state index is 12.2. The standard InChI is InChI=1S/C20H30O3/c1-13(10-18(22)23)6-8-19(4)14(2)7-9-20(5)15(3)11-16(21)12-17(19)20/h10-11,14,17H,6-9,12H2,1-5H3,(H,22,23)/b13-10-/t14-,17+,19-,20-/m1/s1. The lowest BCUT2D eigenvalue weighted by atomic mass is 9.47. The number of rotatable bonds is 4. The second-order valence-corrected chi connectivity index (χ2v) is 8.24. The van der Waals surface area contributed by atoms with Crippen LogP contribution in [0, 0.1) is 22.7 Å². The van der Waals surface area contributed by atoms with Gasteiger partial charge in [-0.2, -0.15) is 0 Å². The number of ketones is 1. The normalized spacial score (nSPS) is 38.0. The molecular weight excluding hydrogens is 288 g/mol. The first-order valence-corrected chi connectivity index (χ1v) is 8.71. The van der Waals surface area contributed by atoms with Crippen LogP contribution >= 0.6 is 0 Å². The van der Waals surface area contributed by atoms with Gasteiger partial charge in [0.25, 0.3) is 0 Å². The zero-order chi connectivity index (χ0) is 17.4. The molecule has 128 valence electrons. The molecule has 1 saturated carbocycles. The first-order chi connectivity index (χ1) is 10.6. The van der Waals surface area contributed by atoms with Crippen molar-refractivity contribution in [3.8, 4) is 0 Å². The Morgan fingerprint density at radius 1 is 1.43 bits per heavy atom. The van der Waals surface area contributed by atoms with Gasteiger partial charge in [-0.15, -0.1) is 0 Å². The van der Waals surface area contributed by atoms with E-state index >= 15 is 0 Å². The van der Waals surface area contributed by atoms with E-state index in [1.807, 2.05) is 13.0 Å². The average Bonchev–Trinajstić information content (AvgIpc) is 2.44. The summed E-state index contributed by atoms with van der Waals surface area (Å²) in [5, 5.41) is 8.91. The molecule has 2 aliphatic rings. The molecule has 0 amide bonds. The molecule has 1 N–H and O–H groups in total. The third-order valence-corrected chi connectivity index (χ3v) is 6.90. The van der Waals surface area contributed by atoms with Crippen molar-refractivity contribution >= 4 is 11.8 Å². The van der Waals surface area contributed by atoms with Gasteiger partial charge in [0.05, 0.1) is 0 Å². The Hall–Kier alpha value is -1.38. The molecule has 23 heavy (non-hydrogen) atoms. The van der Waals surface area contributed by atoms with Crippen molar-refractivity contribution < 1.29 is 14.7 Å². The van der Waals surface area contributed by atoms with Crippen molar-refractivity contribution in [3.05, 3.63) is 23.3 Å². The minimum absolute atomic E-state index is 0.0752. The van der Waals surface area contributed by atoms with E-state index in [1.54, 1.807) is 0 Å². The van der Waals surface area contributed by atoms with Crippen molar-refractivity contribution in [1.29, 1.82) is 0 Å². The molecule has 0 radical (unpaired) electrons. The van der Waals surface area contributed by atoms with Crippen molar-refractivity contribution in [2.75, 3.05) is 0 Å². The van der Waals surface area contributed by atoms with E-state index < -0.39 is 5.97 Å². The van der Waals surface area contributed by atoms with Gasteiger partial charge in [-0.25, -0.2) is 4.79 Å². The van der Waals surface area contributed by atoms with E-state index in [9.17, 15) is 9.59 Å². The Balaban J connectivity index is 2.29. The molecule has 3 heteroatoms. The molecular formula is C20H30O3. The Bertz CT molecular complexity index is 571. The summed E-state index contributed by atoms with van der Waals surface area (Å²) in [4.78, 5) is 23.0. The largest absolute Gasteiger partial charge is 0.478 e. The number of carboxylic acids is 1. The lowest BCUT2D eigenvalue weighted by Gasteiger charge is -2.57. The maximum absolute atomic E-state index is 12.2. The highest BCUT2D eigenvalue weighted by molar-refractivity contribution is 5.92. The lowest BCUT2D eigenvalue weighted by molar-refractivity contribution is -0.131. The molecule has 4 atom stereocenters. The number of fused-ring (bicyclic) bond motifs is 1. The zero-order valence-electron chi connectivity index (χ0n) is 15.1. The minimum Gasteiger partial charge on any atom is -0.478 e. The fourth-order valence-electron chi connectivity index (χ4n) is 4.86. The van der Waals surface area contributed by atoms with E-state index in [0.717, 1.165) is 24.8 Å². The highest BCUT2D eigenvalue weighted by atomic mass is 16.4. The van der Waals surface area contributed by atoms with Crippen LogP contribution < -0.4 is 0 Å². The lowest BCUT2D eigenvalue weighted by Crippen LogP contribution is -2.50.